The predicted octanol–water partition coefficient (Wildman–Crippen LogP) is 4.58. The summed E-state index contributed by atoms with van der Waals surface area (Å²) in [5, 5.41) is 2.16. The second-order valence-electron chi connectivity index (χ2n) is 7.65. The van der Waals surface area contributed by atoms with Gasteiger partial charge in [-0.3, -0.25) is 9.69 Å². The van der Waals surface area contributed by atoms with E-state index in [-0.39, 0.29) is 12.5 Å². The van der Waals surface area contributed by atoms with Crippen LogP contribution in [0.1, 0.15) is 11.1 Å². The zero-order valence-corrected chi connectivity index (χ0v) is 16.9. The van der Waals surface area contributed by atoms with Gasteiger partial charge in [0.2, 0.25) is 0 Å². The Morgan fingerprint density at radius 3 is 2.35 bits per heavy atom. The van der Waals surface area contributed by atoms with Gasteiger partial charge in [0.15, 0.2) is 6.61 Å². The summed E-state index contributed by atoms with van der Waals surface area (Å²) < 4.78 is 44.4. The number of rotatable bonds is 5. The monoisotopic (exact) mass is 428 g/mol. The third-order valence-electron chi connectivity index (χ3n) is 5.47. The Hall–Kier alpha value is -3.06. The first kappa shape index (κ1) is 21.2. The largest absolute Gasteiger partial charge is 0.484 e. The maximum atomic E-state index is 12.9. The first-order valence-corrected chi connectivity index (χ1v) is 10.2. The smallest absolute Gasteiger partial charge is 0.416 e. The molecule has 162 valence electrons. The predicted molar refractivity (Wildman–Crippen MR) is 113 cm³/mol. The fraction of sp³-hybridized carbons (Fsp3) is 0.292. The summed E-state index contributed by atoms with van der Waals surface area (Å²) in [6, 6.07) is 19.1. The highest BCUT2D eigenvalue weighted by molar-refractivity contribution is 5.84. The topological polar surface area (TPSA) is 32.8 Å². The summed E-state index contributed by atoms with van der Waals surface area (Å²) in [7, 11) is 0. The molecule has 4 rings (SSSR count). The van der Waals surface area contributed by atoms with Crippen molar-refractivity contribution in [3.63, 3.8) is 0 Å². The lowest BCUT2D eigenvalue weighted by Gasteiger charge is -2.34. The molecule has 0 bridgehead atoms. The second-order valence-corrected chi connectivity index (χ2v) is 7.65. The molecule has 0 saturated carbocycles. The first-order valence-electron chi connectivity index (χ1n) is 10.2. The van der Waals surface area contributed by atoms with E-state index in [1.807, 2.05) is 42.5 Å². The van der Waals surface area contributed by atoms with Crippen LogP contribution in [0.3, 0.4) is 0 Å². The van der Waals surface area contributed by atoms with E-state index in [1.165, 1.54) is 12.1 Å². The molecule has 1 aliphatic rings. The lowest BCUT2D eigenvalue weighted by Crippen LogP contribution is -2.49. The molecule has 3 aromatic rings. The fourth-order valence-electron chi connectivity index (χ4n) is 3.75. The van der Waals surface area contributed by atoms with E-state index in [1.54, 1.807) is 11.0 Å². The van der Waals surface area contributed by atoms with Crippen molar-refractivity contribution in [2.75, 3.05) is 32.8 Å². The highest BCUT2D eigenvalue weighted by Crippen LogP contribution is 2.29. The zero-order valence-electron chi connectivity index (χ0n) is 16.9. The molecule has 1 amide bonds. The molecule has 0 aromatic heterocycles. The van der Waals surface area contributed by atoms with Crippen LogP contribution in [0.2, 0.25) is 0 Å². The van der Waals surface area contributed by atoms with E-state index in [2.05, 4.69) is 4.90 Å². The van der Waals surface area contributed by atoms with E-state index < -0.39 is 11.7 Å². The van der Waals surface area contributed by atoms with E-state index >= 15 is 0 Å². The number of amides is 1. The number of fused-ring (bicyclic) bond motifs is 1. The van der Waals surface area contributed by atoms with Crippen LogP contribution in [0, 0.1) is 0 Å². The highest BCUT2D eigenvalue weighted by atomic mass is 19.4. The second kappa shape index (κ2) is 8.98. The van der Waals surface area contributed by atoms with Crippen molar-refractivity contribution >= 4 is 16.7 Å². The van der Waals surface area contributed by atoms with Gasteiger partial charge in [-0.15, -0.1) is 0 Å². The van der Waals surface area contributed by atoms with Crippen LogP contribution in [0.4, 0.5) is 13.2 Å². The van der Waals surface area contributed by atoms with Gasteiger partial charge < -0.3 is 9.64 Å². The molecule has 31 heavy (non-hydrogen) atoms. The standard InChI is InChI=1S/C24H23F3N2O2/c25-24(26,27)21-7-3-4-18(14-21)16-28-10-12-29(13-11-28)23(30)17-31-22-9-8-19-5-1-2-6-20(19)15-22/h1-9,14-15H,10-13,16-17H2. The van der Waals surface area contributed by atoms with Crippen molar-refractivity contribution in [2.45, 2.75) is 12.7 Å². The van der Waals surface area contributed by atoms with Crippen molar-refractivity contribution in [3.05, 3.63) is 77.9 Å². The molecule has 1 fully saturated rings. The van der Waals surface area contributed by atoms with Crippen molar-refractivity contribution in [3.8, 4) is 5.75 Å². The molecule has 7 heteroatoms. The zero-order chi connectivity index (χ0) is 21.8. The average Bonchev–Trinajstić information content (AvgIpc) is 2.77. The van der Waals surface area contributed by atoms with Gasteiger partial charge in [0.1, 0.15) is 5.75 Å². The molecular weight excluding hydrogens is 405 g/mol. The molecule has 0 aliphatic carbocycles. The summed E-state index contributed by atoms with van der Waals surface area (Å²) in [6.45, 7) is 2.67. The summed E-state index contributed by atoms with van der Waals surface area (Å²) >= 11 is 0. The normalized spacial score (nSPS) is 15.3. The van der Waals surface area contributed by atoms with Gasteiger partial charge in [0.25, 0.3) is 5.91 Å². The Balaban J connectivity index is 1.27. The SMILES string of the molecule is O=C(COc1ccc2ccccc2c1)N1CCN(Cc2cccc(C(F)(F)F)c2)CC1. The number of ether oxygens (including phenoxy) is 1. The Bertz CT molecular complexity index is 1060. The van der Waals surface area contributed by atoms with Crippen LogP contribution in [-0.4, -0.2) is 48.5 Å². The molecule has 0 unspecified atom stereocenters. The van der Waals surface area contributed by atoms with E-state index in [9.17, 15) is 18.0 Å². The van der Waals surface area contributed by atoms with Gasteiger partial charge in [-0.05, 0) is 34.5 Å². The van der Waals surface area contributed by atoms with Crippen LogP contribution in [0.25, 0.3) is 10.8 Å². The van der Waals surface area contributed by atoms with Crippen LogP contribution in [0.15, 0.2) is 66.7 Å². The number of piperazine rings is 1. The third kappa shape index (κ3) is 5.35. The maximum absolute atomic E-state index is 12.9. The van der Waals surface area contributed by atoms with Gasteiger partial charge in [-0.2, -0.15) is 13.2 Å². The number of carbonyl (C=O) groups excluding carboxylic acids is 1. The summed E-state index contributed by atoms with van der Waals surface area (Å²) in [5.41, 5.74) is -0.0149. The van der Waals surface area contributed by atoms with Crippen molar-refractivity contribution in [1.29, 1.82) is 0 Å². The Morgan fingerprint density at radius 2 is 1.61 bits per heavy atom. The number of nitrogens with zero attached hydrogens (tertiary/aromatic N) is 2. The van der Waals surface area contributed by atoms with Crippen molar-refractivity contribution in [2.24, 2.45) is 0 Å². The maximum Gasteiger partial charge on any atom is 0.416 e. The van der Waals surface area contributed by atoms with Crippen LogP contribution in [-0.2, 0) is 17.5 Å². The van der Waals surface area contributed by atoms with Crippen LogP contribution in [0.5, 0.6) is 5.75 Å². The number of alkyl halides is 3. The molecule has 0 atom stereocenters. The lowest BCUT2D eigenvalue weighted by atomic mass is 10.1. The Kier molecular flexibility index (Phi) is 6.13. The molecule has 0 spiro atoms. The molecule has 1 heterocycles. The molecular formula is C24H23F3N2O2. The Morgan fingerprint density at radius 1 is 0.871 bits per heavy atom. The van der Waals surface area contributed by atoms with Gasteiger partial charge in [0.05, 0.1) is 5.56 Å². The average molecular weight is 428 g/mol. The number of carbonyl (C=O) groups is 1. The van der Waals surface area contributed by atoms with E-state index in [0.717, 1.165) is 16.8 Å². The van der Waals surface area contributed by atoms with Gasteiger partial charge >= 0.3 is 6.18 Å². The molecule has 0 radical (unpaired) electrons. The minimum Gasteiger partial charge on any atom is -0.484 e. The van der Waals surface area contributed by atoms with Gasteiger partial charge in [-0.1, -0.05) is 48.5 Å². The summed E-state index contributed by atoms with van der Waals surface area (Å²) in [4.78, 5) is 16.3. The summed E-state index contributed by atoms with van der Waals surface area (Å²) in [6.07, 6.45) is -4.34. The highest BCUT2D eigenvalue weighted by Gasteiger charge is 2.30. The van der Waals surface area contributed by atoms with Gasteiger partial charge in [0, 0.05) is 32.7 Å². The van der Waals surface area contributed by atoms with Crippen molar-refractivity contribution in [1.82, 2.24) is 9.80 Å². The molecule has 0 N–H and O–H groups in total. The van der Waals surface area contributed by atoms with E-state index in [0.29, 0.717) is 44.0 Å². The molecule has 1 saturated heterocycles. The Labute approximate surface area is 178 Å². The number of hydrogen-bond donors (Lipinski definition) is 0. The van der Waals surface area contributed by atoms with Crippen LogP contribution < -0.4 is 4.74 Å². The quantitative estimate of drug-likeness (QED) is 0.596. The first-order chi connectivity index (χ1) is 14.9. The van der Waals surface area contributed by atoms with Crippen molar-refractivity contribution < 1.29 is 22.7 Å². The number of benzene rings is 3. The number of halogens is 3. The minimum absolute atomic E-state index is 0.0357. The van der Waals surface area contributed by atoms with Gasteiger partial charge in [-0.25, -0.2) is 0 Å². The molecule has 3 aromatic carbocycles. The van der Waals surface area contributed by atoms with E-state index in [4.69, 9.17) is 4.74 Å². The summed E-state index contributed by atoms with van der Waals surface area (Å²) in [5.74, 6) is 0.558. The van der Waals surface area contributed by atoms with Crippen LogP contribution >= 0.6 is 0 Å². The molecule has 4 nitrogen and oxygen atoms in total. The lowest BCUT2D eigenvalue weighted by molar-refractivity contribution is -0.138. The third-order valence-corrected chi connectivity index (χ3v) is 5.47. The minimum atomic E-state index is -4.34. The number of hydrogen-bond acceptors (Lipinski definition) is 3. The fourth-order valence-corrected chi connectivity index (χ4v) is 3.75. The molecule has 1 aliphatic heterocycles.